The highest BCUT2D eigenvalue weighted by molar-refractivity contribution is 6.35. The van der Waals surface area contributed by atoms with Crippen LogP contribution in [-0.4, -0.2) is 23.4 Å². The second kappa shape index (κ2) is 5.55. The average Bonchev–Trinajstić information content (AvgIpc) is 2.62. The summed E-state index contributed by atoms with van der Waals surface area (Å²) < 4.78 is 0. The SMILES string of the molecule is CC(C#N)CN1C(=O)NC(C)(c2ccc(Cl)cc2Cl)C1=O. The Labute approximate surface area is 132 Å². The van der Waals surface area contributed by atoms with Crippen LogP contribution in [0.25, 0.3) is 0 Å². The molecule has 1 aromatic rings. The minimum Gasteiger partial charge on any atom is -0.319 e. The highest BCUT2D eigenvalue weighted by Crippen LogP contribution is 2.35. The van der Waals surface area contributed by atoms with E-state index in [9.17, 15) is 9.59 Å². The van der Waals surface area contributed by atoms with E-state index in [-0.39, 0.29) is 6.54 Å². The molecule has 1 aliphatic heterocycles. The Morgan fingerprint density at radius 3 is 2.67 bits per heavy atom. The van der Waals surface area contributed by atoms with Crippen LogP contribution >= 0.6 is 23.2 Å². The van der Waals surface area contributed by atoms with Crippen LogP contribution in [-0.2, 0) is 10.3 Å². The molecule has 1 aromatic carbocycles. The van der Waals surface area contributed by atoms with Gasteiger partial charge in [-0.05, 0) is 26.0 Å². The van der Waals surface area contributed by atoms with Gasteiger partial charge in [-0.25, -0.2) is 4.79 Å². The number of hydrogen-bond acceptors (Lipinski definition) is 3. The molecular formula is C14H13Cl2N3O2. The molecule has 1 N–H and O–H groups in total. The smallest absolute Gasteiger partial charge is 0.319 e. The zero-order valence-corrected chi connectivity index (χ0v) is 13.0. The Morgan fingerprint density at radius 1 is 1.43 bits per heavy atom. The fraction of sp³-hybridized carbons (Fsp3) is 0.357. The van der Waals surface area contributed by atoms with E-state index >= 15 is 0 Å². The molecule has 7 heteroatoms. The molecule has 110 valence electrons. The van der Waals surface area contributed by atoms with Gasteiger partial charge in [-0.2, -0.15) is 5.26 Å². The van der Waals surface area contributed by atoms with Gasteiger partial charge in [0.25, 0.3) is 5.91 Å². The van der Waals surface area contributed by atoms with Gasteiger partial charge in [0.15, 0.2) is 0 Å². The van der Waals surface area contributed by atoms with Crippen LogP contribution in [0.2, 0.25) is 10.0 Å². The van der Waals surface area contributed by atoms with Crippen molar-refractivity contribution in [1.29, 1.82) is 5.26 Å². The number of nitriles is 1. The third-order valence-electron chi connectivity index (χ3n) is 3.42. The van der Waals surface area contributed by atoms with Crippen LogP contribution in [0, 0.1) is 17.2 Å². The maximum Gasteiger partial charge on any atom is 0.325 e. The van der Waals surface area contributed by atoms with Gasteiger partial charge in [0.1, 0.15) is 5.54 Å². The maximum absolute atomic E-state index is 12.6. The van der Waals surface area contributed by atoms with Crippen molar-refractivity contribution in [2.45, 2.75) is 19.4 Å². The van der Waals surface area contributed by atoms with Gasteiger partial charge in [0.05, 0.1) is 12.0 Å². The summed E-state index contributed by atoms with van der Waals surface area (Å²) in [5.41, 5.74) is -0.785. The predicted molar refractivity (Wildman–Crippen MR) is 78.8 cm³/mol. The van der Waals surface area contributed by atoms with E-state index in [0.29, 0.717) is 15.6 Å². The van der Waals surface area contributed by atoms with Gasteiger partial charge in [0.2, 0.25) is 0 Å². The van der Waals surface area contributed by atoms with Crippen molar-refractivity contribution in [3.63, 3.8) is 0 Å². The van der Waals surface area contributed by atoms with Crippen LogP contribution < -0.4 is 5.32 Å². The van der Waals surface area contributed by atoms with Crippen LogP contribution in [0.5, 0.6) is 0 Å². The first-order valence-corrected chi connectivity index (χ1v) is 7.04. The first-order chi connectivity index (χ1) is 9.79. The quantitative estimate of drug-likeness (QED) is 0.868. The van der Waals surface area contributed by atoms with Gasteiger partial charge >= 0.3 is 6.03 Å². The molecule has 2 atom stereocenters. The Morgan fingerprint density at radius 2 is 2.10 bits per heavy atom. The lowest BCUT2D eigenvalue weighted by Crippen LogP contribution is -2.41. The molecule has 0 aliphatic carbocycles. The number of halogens is 2. The number of imide groups is 1. The summed E-state index contributed by atoms with van der Waals surface area (Å²) in [6.45, 7) is 3.27. The van der Waals surface area contributed by atoms with E-state index < -0.39 is 23.4 Å². The Kier molecular flexibility index (Phi) is 4.13. The molecule has 1 fully saturated rings. The number of amides is 3. The number of carbonyl (C=O) groups is 2. The van der Waals surface area contributed by atoms with Gasteiger partial charge in [0, 0.05) is 22.2 Å². The predicted octanol–water partition coefficient (Wildman–Crippen LogP) is 2.92. The van der Waals surface area contributed by atoms with E-state index in [2.05, 4.69) is 5.32 Å². The number of hydrogen-bond donors (Lipinski definition) is 1. The monoisotopic (exact) mass is 325 g/mol. The normalized spacial score (nSPS) is 22.9. The Bertz CT molecular complexity index is 656. The van der Waals surface area contributed by atoms with Crippen LogP contribution in [0.4, 0.5) is 4.79 Å². The third-order valence-corrected chi connectivity index (χ3v) is 3.97. The second-order valence-corrected chi connectivity index (χ2v) is 5.97. The topological polar surface area (TPSA) is 73.2 Å². The van der Waals surface area contributed by atoms with Crippen molar-refractivity contribution in [3.8, 4) is 6.07 Å². The molecule has 1 aliphatic rings. The first-order valence-electron chi connectivity index (χ1n) is 6.29. The minimum atomic E-state index is -1.26. The van der Waals surface area contributed by atoms with Crippen molar-refractivity contribution < 1.29 is 9.59 Å². The van der Waals surface area contributed by atoms with Gasteiger partial charge in [-0.15, -0.1) is 0 Å². The van der Waals surface area contributed by atoms with Crippen LogP contribution in [0.1, 0.15) is 19.4 Å². The van der Waals surface area contributed by atoms with Gasteiger partial charge in [-0.3, -0.25) is 9.69 Å². The van der Waals surface area contributed by atoms with E-state index in [1.54, 1.807) is 26.0 Å². The molecule has 5 nitrogen and oxygen atoms in total. The van der Waals surface area contributed by atoms with Crippen molar-refractivity contribution in [1.82, 2.24) is 10.2 Å². The lowest BCUT2D eigenvalue weighted by atomic mass is 9.92. The number of nitrogens with one attached hydrogen (secondary N) is 1. The standard InChI is InChI=1S/C14H13Cl2N3O2/c1-8(6-17)7-19-12(20)14(2,18-13(19)21)10-4-3-9(15)5-11(10)16/h3-5,8H,7H2,1-2H3,(H,18,21). The number of nitrogens with zero attached hydrogens (tertiary/aromatic N) is 2. The number of urea groups is 1. The molecule has 0 aromatic heterocycles. The third kappa shape index (κ3) is 2.69. The van der Waals surface area contributed by atoms with Crippen molar-refractivity contribution in [2.75, 3.05) is 6.54 Å². The molecule has 0 spiro atoms. The second-order valence-electron chi connectivity index (χ2n) is 5.13. The van der Waals surface area contributed by atoms with Crippen LogP contribution in [0.3, 0.4) is 0 Å². The Hall–Kier alpha value is -1.77. The number of rotatable bonds is 3. The summed E-state index contributed by atoms with van der Waals surface area (Å²) in [5.74, 6) is -0.874. The molecule has 0 bridgehead atoms. The average molecular weight is 326 g/mol. The minimum absolute atomic E-state index is 0.0436. The lowest BCUT2D eigenvalue weighted by molar-refractivity contribution is -0.131. The van der Waals surface area contributed by atoms with Crippen molar-refractivity contribution in [2.24, 2.45) is 5.92 Å². The number of benzene rings is 1. The zero-order valence-electron chi connectivity index (χ0n) is 11.5. The van der Waals surface area contributed by atoms with E-state index in [1.165, 1.54) is 6.07 Å². The molecule has 2 rings (SSSR count). The fourth-order valence-corrected chi connectivity index (χ4v) is 2.85. The van der Waals surface area contributed by atoms with E-state index in [1.807, 2.05) is 6.07 Å². The maximum atomic E-state index is 12.6. The highest BCUT2D eigenvalue weighted by Gasteiger charge is 2.50. The first kappa shape index (κ1) is 15.6. The van der Waals surface area contributed by atoms with Gasteiger partial charge in [-0.1, -0.05) is 29.3 Å². The fourth-order valence-electron chi connectivity index (χ4n) is 2.25. The van der Waals surface area contributed by atoms with Crippen LogP contribution in [0.15, 0.2) is 18.2 Å². The summed E-state index contributed by atoms with van der Waals surface area (Å²) in [5, 5.41) is 12.2. The summed E-state index contributed by atoms with van der Waals surface area (Å²) in [6, 6.07) is 6.20. The largest absolute Gasteiger partial charge is 0.325 e. The zero-order chi connectivity index (χ0) is 15.8. The molecule has 1 saturated heterocycles. The summed E-state index contributed by atoms with van der Waals surface area (Å²) >= 11 is 12.0. The van der Waals surface area contributed by atoms with E-state index in [4.69, 9.17) is 28.5 Å². The molecule has 0 radical (unpaired) electrons. The molecule has 1 heterocycles. The molecule has 3 amide bonds. The molecular weight excluding hydrogens is 313 g/mol. The van der Waals surface area contributed by atoms with Gasteiger partial charge < -0.3 is 5.32 Å². The summed E-state index contributed by atoms with van der Waals surface area (Å²) in [6.07, 6.45) is 0. The summed E-state index contributed by atoms with van der Waals surface area (Å²) in [4.78, 5) is 25.6. The molecule has 0 saturated carbocycles. The Balaban J connectivity index is 2.38. The lowest BCUT2D eigenvalue weighted by Gasteiger charge is -2.23. The van der Waals surface area contributed by atoms with E-state index in [0.717, 1.165) is 4.90 Å². The van der Waals surface area contributed by atoms with Crippen molar-refractivity contribution in [3.05, 3.63) is 33.8 Å². The molecule has 2 unspecified atom stereocenters. The number of carbonyl (C=O) groups excluding carboxylic acids is 2. The van der Waals surface area contributed by atoms with Crippen molar-refractivity contribution >= 4 is 35.1 Å². The molecule has 21 heavy (non-hydrogen) atoms. The summed E-state index contributed by atoms with van der Waals surface area (Å²) in [7, 11) is 0. The highest BCUT2D eigenvalue weighted by atomic mass is 35.5.